The maximum absolute atomic E-state index is 12.1. The number of thiazole rings is 1. The van der Waals surface area contributed by atoms with Crippen LogP contribution in [0.2, 0.25) is 0 Å². The van der Waals surface area contributed by atoms with Gasteiger partial charge in [0.05, 0.1) is 21.9 Å². The normalized spacial score (nSPS) is 11.4. The molecule has 0 aliphatic rings. The van der Waals surface area contributed by atoms with Crippen molar-refractivity contribution in [2.45, 2.75) is 10.6 Å². The first-order chi connectivity index (χ1) is 17.0. The van der Waals surface area contributed by atoms with Crippen LogP contribution in [0.3, 0.4) is 0 Å². The number of nitrogens with two attached hydrogens (primary N) is 1. The van der Waals surface area contributed by atoms with Gasteiger partial charge in [-0.25, -0.2) is 33.8 Å². The molecule has 15 nitrogen and oxygen atoms in total. The van der Waals surface area contributed by atoms with E-state index in [-0.39, 0.29) is 10.6 Å². The Morgan fingerprint density at radius 3 is 2.39 bits per heavy atom. The number of thioether (sulfide) groups is 1. The maximum Gasteiger partial charge on any atom is 0.328 e. The van der Waals surface area contributed by atoms with Crippen molar-refractivity contribution in [1.29, 1.82) is 0 Å². The van der Waals surface area contributed by atoms with Gasteiger partial charge in [-0.3, -0.25) is 19.8 Å². The van der Waals surface area contributed by atoms with Crippen LogP contribution >= 0.6 is 23.1 Å². The second-order valence-corrected chi connectivity index (χ2v) is 9.67. The predicted molar refractivity (Wildman–Crippen MR) is 135 cm³/mol. The number of benzene rings is 1. The number of aliphatic carboxylic acids is 2. The van der Waals surface area contributed by atoms with Crippen molar-refractivity contribution in [3.05, 3.63) is 57.6 Å². The largest absolute Gasteiger partial charge is 0.478 e. The van der Waals surface area contributed by atoms with Gasteiger partial charge in [-0.15, -0.1) is 11.3 Å². The van der Waals surface area contributed by atoms with Crippen LogP contribution in [0.15, 0.2) is 56.7 Å². The highest BCUT2D eigenvalue weighted by molar-refractivity contribution is 7.98. The quantitative estimate of drug-likeness (QED) is 0.0441. The Morgan fingerprint density at radius 2 is 1.83 bits per heavy atom. The number of rotatable bonds is 13. The minimum Gasteiger partial charge on any atom is -0.478 e. The van der Waals surface area contributed by atoms with Crippen molar-refractivity contribution in [3.8, 4) is 0 Å². The van der Waals surface area contributed by atoms with Crippen LogP contribution < -0.4 is 16.0 Å². The predicted octanol–water partition coefficient (Wildman–Crippen LogP) is 1.13. The molecular weight excluding hydrogens is 538 g/mol. The van der Waals surface area contributed by atoms with E-state index >= 15 is 0 Å². The van der Waals surface area contributed by atoms with Crippen LogP contribution in [-0.2, 0) is 25.4 Å². The molecule has 2 aromatic rings. The number of sulfonamides is 1. The van der Waals surface area contributed by atoms with E-state index in [2.05, 4.69) is 25.1 Å². The molecule has 0 bridgehead atoms. The number of hydrogen-bond donors (Lipinski definition) is 5. The van der Waals surface area contributed by atoms with Gasteiger partial charge in [0.1, 0.15) is 6.34 Å². The molecule has 0 amide bonds. The van der Waals surface area contributed by atoms with Crippen molar-refractivity contribution in [1.82, 2.24) is 15.1 Å². The van der Waals surface area contributed by atoms with E-state index in [4.69, 9.17) is 16.1 Å². The summed E-state index contributed by atoms with van der Waals surface area (Å²) >= 11 is 3.00. The monoisotopic (exact) mass is 559 g/mol. The third-order valence-corrected chi connectivity index (χ3v) is 6.51. The third-order valence-electron chi connectivity index (χ3n) is 3.43. The highest BCUT2D eigenvalue weighted by Gasteiger charge is 2.14. The molecule has 0 saturated carbocycles. The lowest BCUT2D eigenvalue weighted by Crippen LogP contribution is -2.22. The molecule has 0 saturated heterocycles. The zero-order valence-electron chi connectivity index (χ0n) is 18.3. The number of hydrazine groups is 1. The van der Waals surface area contributed by atoms with Crippen LogP contribution in [0.1, 0.15) is 5.69 Å². The van der Waals surface area contributed by atoms with Crippen molar-refractivity contribution >= 4 is 68.6 Å². The summed E-state index contributed by atoms with van der Waals surface area (Å²) in [5, 5.41) is 28.7. The Hall–Kier alpha value is -3.87. The number of non-ortho nitro benzene ring substituents is 1. The third kappa shape index (κ3) is 12.6. The van der Waals surface area contributed by atoms with Crippen molar-refractivity contribution in [3.63, 3.8) is 0 Å². The molecule has 6 N–H and O–H groups in total. The molecule has 0 aliphatic carbocycles. The van der Waals surface area contributed by atoms with Crippen LogP contribution in [0.4, 0.5) is 10.8 Å². The molecule has 1 aromatic heterocycles. The summed E-state index contributed by atoms with van der Waals surface area (Å²) in [4.78, 5) is 41.3. The smallest absolute Gasteiger partial charge is 0.328 e. The first-order valence-electron chi connectivity index (χ1n) is 9.45. The van der Waals surface area contributed by atoms with Gasteiger partial charge in [0, 0.05) is 47.7 Å². The van der Waals surface area contributed by atoms with Gasteiger partial charge in [0.15, 0.2) is 0 Å². The first kappa shape index (κ1) is 30.2. The second-order valence-electron chi connectivity index (χ2n) is 6.02. The Labute approximate surface area is 213 Å². The molecule has 1 aromatic carbocycles. The fourth-order valence-electron chi connectivity index (χ4n) is 1.94. The zero-order valence-corrected chi connectivity index (χ0v) is 20.7. The summed E-state index contributed by atoms with van der Waals surface area (Å²) < 4.78 is 26.3. The summed E-state index contributed by atoms with van der Waals surface area (Å²) in [6.45, 7) is 0.416. The van der Waals surface area contributed by atoms with Gasteiger partial charge < -0.3 is 15.6 Å². The molecule has 0 spiro atoms. The molecular formula is C18H21N7O8S3. The average molecular weight is 560 g/mol. The van der Waals surface area contributed by atoms with E-state index in [0.29, 0.717) is 35.3 Å². The van der Waals surface area contributed by atoms with E-state index in [1.54, 1.807) is 11.8 Å². The molecule has 0 radical (unpaired) electrons. The molecule has 36 heavy (non-hydrogen) atoms. The molecule has 18 heteroatoms. The van der Waals surface area contributed by atoms with E-state index in [9.17, 15) is 28.1 Å². The number of nitrogens with one attached hydrogen (secondary N) is 2. The molecule has 2 rings (SSSR count). The van der Waals surface area contributed by atoms with Gasteiger partial charge in [-0.05, 0) is 12.1 Å². The highest BCUT2D eigenvalue weighted by Crippen LogP contribution is 2.21. The SMILES string of the molecule is NNC=Nc1nc(CSCCN=CNS(=O)(=O)c2ccc([N+](=O)[O-])cc2)cs1.O=C(O)/C=C\C(=O)O. The highest BCUT2D eigenvalue weighted by atomic mass is 32.2. The molecule has 194 valence electrons. The number of nitrogens with zero attached hydrogens (tertiary/aromatic N) is 4. The van der Waals surface area contributed by atoms with Crippen LogP contribution in [0, 0.1) is 10.1 Å². The standard InChI is InChI=1S/C14H17N7O4S3.C4H4O4/c15-18-10-17-14-20-11(8-27-14)7-26-6-5-16-9-19-28(24,25)13-3-1-12(2-4-13)21(22)23;5-3(6)1-2-4(7)8/h1-4,8-10H,5-7,15H2,(H,16,19)(H,17,18,20);1-2H,(H,5,6)(H,7,8)/b;2-1-. The number of carboxylic acid groups (broad SMARTS) is 2. The lowest BCUT2D eigenvalue weighted by Gasteiger charge is -2.03. The minimum absolute atomic E-state index is 0.0780. The molecule has 0 fully saturated rings. The van der Waals surface area contributed by atoms with Gasteiger partial charge in [0.2, 0.25) is 5.13 Å². The fraction of sp³-hybridized carbons (Fsp3) is 0.167. The summed E-state index contributed by atoms with van der Waals surface area (Å²) in [6.07, 6.45) is 3.57. The van der Waals surface area contributed by atoms with E-state index in [1.807, 2.05) is 5.38 Å². The number of carboxylic acids is 2. The van der Waals surface area contributed by atoms with E-state index in [0.717, 1.165) is 24.2 Å². The summed E-state index contributed by atoms with van der Waals surface area (Å²) in [5.41, 5.74) is 3.01. The summed E-state index contributed by atoms with van der Waals surface area (Å²) in [6, 6.07) is 4.59. The Bertz CT molecular complexity index is 1200. The summed E-state index contributed by atoms with van der Waals surface area (Å²) in [7, 11) is -3.81. The lowest BCUT2D eigenvalue weighted by molar-refractivity contribution is -0.384. The minimum atomic E-state index is -3.81. The summed E-state index contributed by atoms with van der Waals surface area (Å²) in [5.74, 6) is 3.94. The van der Waals surface area contributed by atoms with Crippen LogP contribution in [-0.4, -0.2) is 65.5 Å². The van der Waals surface area contributed by atoms with Gasteiger partial charge in [0.25, 0.3) is 15.7 Å². The Balaban J connectivity index is 0.000000697. The number of aliphatic imine (C=N–C) groups is 2. The number of hydrogen-bond acceptors (Lipinski definition) is 12. The average Bonchev–Trinajstić information content (AvgIpc) is 3.29. The van der Waals surface area contributed by atoms with Crippen molar-refractivity contribution in [2.75, 3.05) is 12.3 Å². The Kier molecular flexibility index (Phi) is 13.3. The topological polar surface area (TPSA) is 240 Å². The second kappa shape index (κ2) is 15.9. The lowest BCUT2D eigenvalue weighted by atomic mass is 10.3. The van der Waals surface area contributed by atoms with Crippen molar-refractivity contribution in [2.24, 2.45) is 15.8 Å². The van der Waals surface area contributed by atoms with Crippen LogP contribution in [0.5, 0.6) is 0 Å². The number of nitro benzene ring substituents is 1. The van der Waals surface area contributed by atoms with Gasteiger partial charge in [-0.2, -0.15) is 11.8 Å². The molecule has 0 aliphatic heterocycles. The molecule has 0 atom stereocenters. The Morgan fingerprint density at radius 1 is 1.19 bits per heavy atom. The molecule has 1 heterocycles. The first-order valence-corrected chi connectivity index (χ1v) is 13.0. The fourth-order valence-corrected chi connectivity index (χ4v) is 4.28. The molecule has 0 unspecified atom stereocenters. The maximum atomic E-state index is 12.1. The number of carbonyl (C=O) groups is 2. The zero-order chi connectivity index (χ0) is 27.0. The van der Waals surface area contributed by atoms with Crippen LogP contribution in [0.25, 0.3) is 0 Å². The van der Waals surface area contributed by atoms with E-state index < -0.39 is 26.9 Å². The van der Waals surface area contributed by atoms with Gasteiger partial charge >= 0.3 is 11.9 Å². The number of aromatic nitrogens is 1. The van der Waals surface area contributed by atoms with Crippen molar-refractivity contribution < 1.29 is 33.1 Å². The number of nitro groups is 1. The van der Waals surface area contributed by atoms with Gasteiger partial charge in [-0.1, -0.05) is 0 Å². The van der Waals surface area contributed by atoms with E-state index in [1.165, 1.54) is 29.8 Å².